The summed E-state index contributed by atoms with van der Waals surface area (Å²) in [5.74, 6) is 0.565. The molecule has 0 bridgehead atoms. The van der Waals surface area contributed by atoms with Crippen LogP contribution in [0.25, 0.3) is 11.0 Å². The first-order valence-corrected chi connectivity index (χ1v) is 9.63. The second kappa shape index (κ2) is 9.17. The van der Waals surface area contributed by atoms with Gasteiger partial charge in [0.2, 0.25) is 5.91 Å². The van der Waals surface area contributed by atoms with E-state index in [0.717, 1.165) is 35.3 Å². The zero-order valence-electron chi connectivity index (χ0n) is 16.2. The van der Waals surface area contributed by atoms with Gasteiger partial charge in [0.1, 0.15) is 5.82 Å². The van der Waals surface area contributed by atoms with E-state index in [9.17, 15) is 9.59 Å². The van der Waals surface area contributed by atoms with Gasteiger partial charge in [-0.2, -0.15) is 0 Å². The largest absolute Gasteiger partial charge is 0.462 e. The lowest BCUT2D eigenvalue weighted by Crippen LogP contribution is -2.12. The minimum absolute atomic E-state index is 0.0692. The van der Waals surface area contributed by atoms with E-state index in [2.05, 4.69) is 28.3 Å². The summed E-state index contributed by atoms with van der Waals surface area (Å²) in [6.45, 7) is 4.23. The first kappa shape index (κ1) is 19.6. The van der Waals surface area contributed by atoms with Crippen LogP contribution in [0.3, 0.4) is 0 Å². The van der Waals surface area contributed by atoms with Gasteiger partial charge >= 0.3 is 5.97 Å². The normalized spacial score (nSPS) is 10.8. The number of aryl methyl sites for hydroxylation is 2. The molecule has 2 N–H and O–H groups in total. The molecular formula is C22H25N3O3. The number of hydrogen-bond acceptors (Lipinski definition) is 4. The van der Waals surface area contributed by atoms with Crippen molar-refractivity contribution in [2.45, 2.75) is 39.5 Å². The van der Waals surface area contributed by atoms with E-state index in [1.54, 1.807) is 31.2 Å². The van der Waals surface area contributed by atoms with Crippen molar-refractivity contribution in [1.29, 1.82) is 0 Å². The van der Waals surface area contributed by atoms with Crippen LogP contribution in [-0.4, -0.2) is 28.5 Å². The SMILES string of the molecule is CCCc1nc2ccc(CCC(=O)Nc3ccc(C(=O)OCC)cc3)cc2[nH]1. The number of imidazole rings is 1. The summed E-state index contributed by atoms with van der Waals surface area (Å²) in [6.07, 6.45) is 3.00. The number of nitrogens with one attached hydrogen (secondary N) is 2. The summed E-state index contributed by atoms with van der Waals surface area (Å²) in [5, 5.41) is 2.86. The molecule has 0 radical (unpaired) electrons. The van der Waals surface area contributed by atoms with E-state index in [4.69, 9.17) is 4.74 Å². The van der Waals surface area contributed by atoms with Crippen molar-refractivity contribution in [3.8, 4) is 0 Å². The summed E-state index contributed by atoms with van der Waals surface area (Å²) in [4.78, 5) is 31.8. The lowest BCUT2D eigenvalue weighted by Gasteiger charge is -2.07. The number of benzene rings is 2. The molecule has 28 heavy (non-hydrogen) atoms. The van der Waals surface area contributed by atoms with Crippen LogP contribution >= 0.6 is 0 Å². The Morgan fingerprint density at radius 2 is 1.86 bits per heavy atom. The molecular weight excluding hydrogens is 354 g/mol. The molecule has 0 fully saturated rings. The van der Waals surface area contributed by atoms with E-state index in [0.29, 0.717) is 30.7 Å². The standard InChI is InChI=1S/C22H25N3O3/c1-3-5-20-24-18-12-6-15(14-19(18)25-20)7-13-21(26)23-17-10-8-16(9-11-17)22(27)28-4-2/h6,8-12,14H,3-5,7,13H2,1-2H3,(H,23,26)(H,24,25). The van der Waals surface area contributed by atoms with Crippen LogP contribution < -0.4 is 5.32 Å². The molecule has 0 aliphatic carbocycles. The Morgan fingerprint density at radius 1 is 1.07 bits per heavy atom. The number of H-pyrrole nitrogens is 1. The summed E-state index contributed by atoms with van der Waals surface area (Å²) < 4.78 is 4.95. The Morgan fingerprint density at radius 3 is 2.57 bits per heavy atom. The van der Waals surface area contributed by atoms with Gasteiger partial charge in [-0.3, -0.25) is 4.79 Å². The Balaban J connectivity index is 1.55. The number of nitrogens with zero attached hydrogens (tertiary/aromatic N) is 1. The van der Waals surface area contributed by atoms with Crippen molar-refractivity contribution < 1.29 is 14.3 Å². The maximum absolute atomic E-state index is 12.2. The predicted octanol–water partition coefficient (Wildman–Crippen LogP) is 4.26. The quantitative estimate of drug-likeness (QED) is 0.573. The third-order valence-corrected chi connectivity index (χ3v) is 4.40. The fourth-order valence-corrected chi connectivity index (χ4v) is 3.01. The van der Waals surface area contributed by atoms with Crippen LogP contribution in [-0.2, 0) is 22.4 Å². The maximum atomic E-state index is 12.2. The van der Waals surface area contributed by atoms with Gasteiger partial charge in [0.25, 0.3) is 0 Å². The fraction of sp³-hybridized carbons (Fsp3) is 0.318. The number of ether oxygens (including phenoxy) is 1. The molecule has 0 saturated heterocycles. The van der Waals surface area contributed by atoms with E-state index in [-0.39, 0.29) is 11.9 Å². The van der Waals surface area contributed by atoms with E-state index in [1.807, 2.05) is 12.1 Å². The Kier molecular flexibility index (Phi) is 6.42. The first-order valence-electron chi connectivity index (χ1n) is 9.63. The Hall–Kier alpha value is -3.15. The molecule has 0 saturated carbocycles. The second-order valence-electron chi connectivity index (χ2n) is 6.63. The van der Waals surface area contributed by atoms with Gasteiger partial charge in [-0.25, -0.2) is 9.78 Å². The number of esters is 1. The van der Waals surface area contributed by atoms with Crippen molar-refractivity contribution in [1.82, 2.24) is 9.97 Å². The average molecular weight is 379 g/mol. The zero-order valence-corrected chi connectivity index (χ0v) is 16.2. The molecule has 3 aromatic rings. The minimum atomic E-state index is -0.364. The number of anilines is 1. The van der Waals surface area contributed by atoms with E-state index >= 15 is 0 Å². The van der Waals surface area contributed by atoms with Crippen LogP contribution in [0.2, 0.25) is 0 Å². The van der Waals surface area contributed by atoms with Crippen molar-refractivity contribution >= 4 is 28.6 Å². The van der Waals surface area contributed by atoms with Crippen molar-refractivity contribution in [2.75, 3.05) is 11.9 Å². The Labute approximate surface area is 164 Å². The summed E-state index contributed by atoms with van der Waals surface area (Å²) in [6, 6.07) is 12.8. The minimum Gasteiger partial charge on any atom is -0.462 e. The molecule has 1 amide bonds. The van der Waals surface area contributed by atoms with Gasteiger partial charge in [0.05, 0.1) is 23.2 Å². The number of hydrogen-bond donors (Lipinski definition) is 2. The molecule has 6 nitrogen and oxygen atoms in total. The first-order chi connectivity index (χ1) is 13.6. The highest BCUT2D eigenvalue weighted by Gasteiger charge is 2.08. The van der Waals surface area contributed by atoms with Gasteiger partial charge in [-0.1, -0.05) is 13.0 Å². The highest BCUT2D eigenvalue weighted by Crippen LogP contribution is 2.16. The topological polar surface area (TPSA) is 84.1 Å². The van der Waals surface area contributed by atoms with Crippen LogP contribution in [0.15, 0.2) is 42.5 Å². The number of fused-ring (bicyclic) bond motifs is 1. The van der Waals surface area contributed by atoms with Gasteiger partial charge in [0.15, 0.2) is 0 Å². The number of aromatic nitrogens is 2. The van der Waals surface area contributed by atoms with Crippen molar-refractivity contribution in [3.05, 3.63) is 59.4 Å². The lowest BCUT2D eigenvalue weighted by atomic mass is 10.1. The second-order valence-corrected chi connectivity index (χ2v) is 6.63. The molecule has 2 aromatic carbocycles. The predicted molar refractivity (Wildman–Crippen MR) is 109 cm³/mol. The molecule has 1 heterocycles. The van der Waals surface area contributed by atoms with Gasteiger partial charge in [-0.15, -0.1) is 0 Å². The van der Waals surface area contributed by atoms with Crippen LogP contribution in [0.5, 0.6) is 0 Å². The van der Waals surface area contributed by atoms with Gasteiger partial charge < -0.3 is 15.0 Å². The lowest BCUT2D eigenvalue weighted by molar-refractivity contribution is -0.116. The highest BCUT2D eigenvalue weighted by molar-refractivity contribution is 5.93. The van der Waals surface area contributed by atoms with Crippen molar-refractivity contribution in [2.24, 2.45) is 0 Å². The maximum Gasteiger partial charge on any atom is 0.338 e. The molecule has 0 unspecified atom stereocenters. The molecule has 0 spiro atoms. The molecule has 1 aromatic heterocycles. The number of aromatic amines is 1. The average Bonchev–Trinajstić information content (AvgIpc) is 3.09. The fourth-order valence-electron chi connectivity index (χ4n) is 3.01. The van der Waals surface area contributed by atoms with Crippen molar-refractivity contribution in [3.63, 3.8) is 0 Å². The molecule has 3 rings (SSSR count). The smallest absolute Gasteiger partial charge is 0.338 e. The van der Waals surface area contributed by atoms with E-state index in [1.165, 1.54) is 0 Å². The monoisotopic (exact) mass is 379 g/mol. The van der Waals surface area contributed by atoms with Crippen LogP contribution in [0.1, 0.15) is 48.4 Å². The van der Waals surface area contributed by atoms with Crippen LogP contribution in [0.4, 0.5) is 5.69 Å². The zero-order chi connectivity index (χ0) is 19.9. The number of rotatable bonds is 8. The molecule has 0 atom stereocenters. The number of carbonyl (C=O) groups excluding carboxylic acids is 2. The van der Waals surface area contributed by atoms with Gasteiger partial charge in [0, 0.05) is 18.5 Å². The summed E-state index contributed by atoms with van der Waals surface area (Å²) >= 11 is 0. The molecule has 0 aliphatic heterocycles. The summed E-state index contributed by atoms with van der Waals surface area (Å²) in [5.41, 5.74) is 4.18. The molecule has 146 valence electrons. The highest BCUT2D eigenvalue weighted by atomic mass is 16.5. The number of amides is 1. The van der Waals surface area contributed by atoms with Gasteiger partial charge in [-0.05, 0) is 61.7 Å². The summed E-state index contributed by atoms with van der Waals surface area (Å²) in [7, 11) is 0. The Bertz CT molecular complexity index is 961. The third kappa shape index (κ3) is 4.97. The molecule has 0 aliphatic rings. The van der Waals surface area contributed by atoms with E-state index < -0.39 is 0 Å². The number of carbonyl (C=O) groups is 2. The third-order valence-electron chi connectivity index (χ3n) is 4.40. The van der Waals surface area contributed by atoms with Crippen LogP contribution in [0, 0.1) is 0 Å². The molecule has 6 heteroatoms.